The predicted molar refractivity (Wildman–Crippen MR) is 60.3 cm³/mol. The molecule has 0 radical (unpaired) electrons. The highest BCUT2D eigenvalue weighted by Gasteiger charge is 1.98. The molecule has 0 bridgehead atoms. The van der Waals surface area contributed by atoms with Crippen LogP contribution >= 0.6 is 11.8 Å². The summed E-state index contributed by atoms with van der Waals surface area (Å²) in [5.41, 5.74) is 0. The molecule has 0 saturated carbocycles. The molecule has 0 atom stereocenters. The first-order valence-corrected chi connectivity index (χ1v) is 5.31. The van der Waals surface area contributed by atoms with Crippen LogP contribution in [0, 0.1) is 0 Å². The smallest absolute Gasteiger partial charge is 0.116 e. The molecule has 0 aromatic heterocycles. The number of rotatable bonds is 2. The fourth-order valence-electron chi connectivity index (χ4n) is 1.20. The van der Waals surface area contributed by atoms with Crippen molar-refractivity contribution in [3.8, 4) is 11.5 Å². The van der Waals surface area contributed by atoms with Crippen LogP contribution in [-0.2, 0) is 0 Å². The van der Waals surface area contributed by atoms with Crippen molar-refractivity contribution < 1.29 is 10.2 Å². The summed E-state index contributed by atoms with van der Waals surface area (Å²) in [4.78, 5) is 2.00. The zero-order valence-electron chi connectivity index (χ0n) is 7.92. The third kappa shape index (κ3) is 2.67. The summed E-state index contributed by atoms with van der Waals surface area (Å²) >= 11 is 1.54. The Morgan fingerprint density at radius 1 is 0.733 bits per heavy atom. The summed E-state index contributed by atoms with van der Waals surface area (Å²) in [6.45, 7) is 0. The monoisotopic (exact) mass is 218 g/mol. The maximum Gasteiger partial charge on any atom is 0.116 e. The van der Waals surface area contributed by atoms with Crippen LogP contribution in [0.15, 0.2) is 58.3 Å². The Kier molecular flexibility index (Phi) is 2.83. The quantitative estimate of drug-likeness (QED) is 0.812. The Balaban J connectivity index is 2.18. The van der Waals surface area contributed by atoms with Crippen LogP contribution in [0.1, 0.15) is 0 Å². The molecule has 76 valence electrons. The molecule has 0 aliphatic carbocycles. The highest BCUT2D eigenvalue weighted by Crippen LogP contribution is 2.30. The molecule has 2 nitrogen and oxygen atoms in total. The van der Waals surface area contributed by atoms with E-state index in [0.717, 1.165) is 9.79 Å². The summed E-state index contributed by atoms with van der Waals surface area (Å²) in [5.74, 6) is 0.522. The van der Waals surface area contributed by atoms with Crippen molar-refractivity contribution in [2.45, 2.75) is 9.79 Å². The molecule has 0 heterocycles. The standard InChI is InChI=1S/C12H10O2S/c13-9-4-6-11(7-5-9)15-12-3-1-2-10(14)8-12/h1-8,13-14H. The third-order valence-electron chi connectivity index (χ3n) is 1.89. The topological polar surface area (TPSA) is 40.5 Å². The van der Waals surface area contributed by atoms with E-state index in [-0.39, 0.29) is 11.5 Å². The highest BCUT2D eigenvalue weighted by molar-refractivity contribution is 7.99. The summed E-state index contributed by atoms with van der Waals surface area (Å²) < 4.78 is 0. The molecule has 3 heteroatoms. The number of phenolic OH excluding ortho intramolecular Hbond substituents is 2. The first kappa shape index (κ1) is 9.93. The Hall–Kier alpha value is -1.61. The van der Waals surface area contributed by atoms with Gasteiger partial charge in [-0.2, -0.15) is 0 Å². The van der Waals surface area contributed by atoms with Gasteiger partial charge in [0.25, 0.3) is 0 Å². The maximum absolute atomic E-state index is 9.28. The van der Waals surface area contributed by atoms with Gasteiger partial charge in [0.15, 0.2) is 0 Å². The molecule has 0 aliphatic rings. The average Bonchev–Trinajstić information content (AvgIpc) is 2.22. The second-order valence-corrected chi connectivity index (χ2v) is 4.24. The van der Waals surface area contributed by atoms with Crippen molar-refractivity contribution in [1.29, 1.82) is 0 Å². The van der Waals surface area contributed by atoms with Crippen LogP contribution in [0.3, 0.4) is 0 Å². The Morgan fingerprint density at radius 2 is 1.47 bits per heavy atom. The van der Waals surface area contributed by atoms with Crippen LogP contribution in [0.2, 0.25) is 0 Å². The van der Waals surface area contributed by atoms with E-state index in [9.17, 15) is 5.11 Å². The van der Waals surface area contributed by atoms with Gasteiger partial charge in [0.2, 0.25) is 0 Å². The fraction of sp³-hybridized carbons (Fsp3) is 0. The summed E-state index contributed by atoms with van der Waals surface area (Å²) in [5, 5.41) is 18.4. The lowest BCUT2D eigenvalue weighted by Crippen LogP contribution is -1.73. The molecular weight excluding hydrogens is 208 g/mol. The maximum atomic E-state index is 9.28. The highest BCUT2D eigenvalue weighted by atomic mass is 32.2. The third-order valence-corrected chi connectivity index (χ3v) is 2.89. The summed E-state index contributed by atoms with van der Waals surface area (Å²) in [6, 6.07) is 14.0. The van der Waals surface area contributed by atoms with Gasteiger partial charge in [-0.25, -0.2) is 0 Å². The number of hydrogen-bond acceptors (Lipinski definition) is 3. The first-order valence-electron chi connectivity index (χ1n) is 4.50. The summed E-state index contributed by atoms with van der Waals surface area (Å²) in [6.07, 6.45) is 0. The van der Waals surface area contributed by atoms with E-state index in [4.69, 9.17) is 5.11 Å². The molecular formula is C12H10O2S. The number of phenols is 2. The Bertz CT molecular complexity index is 451. The van der Waals surface area contributed by atoms with Crippen LogP contribution < -0.4 is 0 Å². The Morgan fingerprint density at radius 3 is 2.13 bits per heavy atom. The molecule has 0 unspecified atom stereocenters. The largest absolute Gasteiger partial charge is 0.508 e. The zero-order valence-corrected chi connectivity index (χ0v) is 8.74. The van der Waals surface area contributed by atoms with E-state index in [0.29, 0.717) is 0 Å². The predicted octanol–water partition coefficient (Wildman–Crippen LogP) is 3.25. The Labute approximate surface area is 92.2 Å². The normalized spacial score (nSPS) is 10.1. The van der Waals surface area contributed by atoms with E-state index < -0.39 is 0 Å². The van der Waals surface area contributed by atoms with E-state index in [1.807, 2.05) is 18.2 Å². The van der Waals surface area contributed by atoms with Crippen LogP contribution in [0.4, 0.5) is 0 Å². The molecule has 0 aliphatic heterocycles. The molecule has 0 spiro atoms. The van der Waals surface area contributed by atoms with E-state index in [1.165, 1.54) is 11.8 Å². The molecule has 0 amide bonds. The lowest BCUT2D eigenvalue weighted by atomic mass is 10.3. The lowest BCUT2D eigenvalue weighted by molar-refractivity contribution is 0.473. The van der Waals surface area contributed by atoms with Gasteiger partial charge in [-0.1, -0.05) is 17.8 Å². The molecule has 15 heavy (non-hydrogen) atoms. The van der Waals surface area contributed by atoms with Gasteiger partial charge in [-0.15, -0.1) is 0 Å². The lowest BCUT2D eigenvalue weighted by Gasteiger charge is -2.02. The van der Waals surface area contributed by atoms with Gasteiger partial charge in [-0.3, -0.25) is 0 Å². The van der Waals surface area contributed by atoms with Crippen LogP contribution in [0.5, 0.6) is 11.5 Å². The molecule has 2 N–H and O–H groups in total. The molecule has 2 aromatic carbocycles. The van der Waals surface area contributed by atoms with Crippen LogP contribution in [0.25, 0.3) is 0 Å². The second-order valence-electron chi connectivity index (χ2n) is 3.09. The molecule has 0 saturated heterocycles. The van der Waals surface area contributed by atoms with Crippen molar-refractivity contribution in [3.63, 3.8) is 0 Å². The van der Waals surface area contributed by atoms with Gasteiger partial charge >= 0.3 is 0 Å². The summed E-state index contributed by atoms with van der Waals surface area (Å²) in [7, 11) is 0. The minimum Gasteiger partial charge on any atom is -0.508 e. The van der Waals surface area contributed by atoms with E-state index in [1.54, 1.807) is 30.3 Å². The van der Waals surface area contributed by atoms with Crippen molar-refractivity contribution in [2.24, 2.45) is 0 Å². The minimum atomic E-state index is 0.259. The van der Waals surface area contributed by atoms with Gasteiger partial charge in [0.1, 0.15) is 11.5 Å². The van der Waals surface area contributed by atoms with Gasteiger partial charge in [0.05, 0.1) is 0 Å². The molecule has 2 aromatic rings. The van der Waals surface area contributed by atoms with E-state index >= 15 is 0 Å². The minimum absolute atomic E-state index is 0.259. The fourth-order valence-corrected chi connectivity index (χ4v) is 2.07. The molecule has 0 fully saturated rings. The average molecular weight is 218 g/mol. The van der Waals surface area contributed by atoms with Gasteiger partial charge < -0.3 is 10.2 Å². The number of aromatic hydroxyl groups is 2. The molecule has 2 rings (SSSR count). The van der Waals surface area contributed by atoms with Gasteiger partial charge in [-0.05, 0) is 42.5 Å². The van der Waals surface area contributed by atoms with Crippen molar-refractivity contribution >= 4 is 11.8 Å². The first-order chi connectivity index (χ1) is 7.24. The number of hydrogen-bond donors (Lipinski definition) is 2. The van der Waals surface area contributed by atoms with Crippen molar-refractivity contribution in [2.75, 3.05) is 0 Å². The van der Waals surface area contributed by atoms with Crippen LogP contribution in [-0.4, -0.2) is 10.2 Å². The van der Waals surface area contributed by atoms with E-state index in [2.05, 4.69) is 0 Å². The van der Waals surface area contributed by atoms with Crippen molar-refractivity contribution in [3.05, 3.63) is 48.5 Å². The SMILES string of the molecule is Oc1ccc(Sc2cccc(O)c2)cc1. The zero-order chi connectivity index (χ0) is 10.7. The van der Waals surface area contributed by atoms with Gasteiger partial charge in [0, 0.05) is 9.79 Å². The van der Waals surface area contributed by atoms with Crippen molar-refractivity contribution in [1.82, 2.24) is 0 Å². The number of benzene rings is 2. The second kappa shape index (κ2) is 4.28.